The van der Waals surface area contributed by atoms with Crippen LogP contribution in [0.4, 0.5) is 5.69 Å². The van der Waals surface area contributed by atoms with Crippen LogP contribution in [-0.4, -0.2) is 22.0 Å². The van der Waals surface area contributed by atoms with E-state index in [-0.39, 0.29) is 0 Å². The molecule has 0 saturated heterocycles. The number of rotatable bonds is 6. The minimum atomic E-state index is -3.34. The second-order valence-corrected chi connectivity index (χ2v) is 6.90. The highest BCUT2D eigenvalue weighted by Gasteiger charge is 2.10. The molecule has 20 heavy (non-hydrogen) atoms. The molecule has 0 aliphatic heterocycles. The van der Waals surface area contributed by atoms with Crippen LogP contribution < -0.4 is 10.0 Å². The fourth-order valence-electron chi connectivity index (χ4n) is 2.37. The lowest BCUT2D eigenvalue weighted by molar-refractivity contribution is 0.588. The van der Waals surface area contributed by atoms with Gasteiger partial charge in [-0.25, -0.2) is 13.1 Å². The monoisotopic (exact) mass is 294 g/mol. The second-order valence-electron chi connectivity index (χ2n) is 5.02. The van der Waals surface area contributed by atoms with Gasteiger partial charge in [-0.1, -0.05) is 11.6 Å². The summed E-state index contributed by atoms with van der Waals surface area (Å²) in [7, 11) is -1.92. The molecule has 0 amide bonds. The highest BCUT2D eigenvalue weighted by atomic mass is 32.2. The van der Waals surface area contributed by atoms with E-state index in [1.165, 1.54) is 38.3 Å². The van der Waals surface area contributed by atoms with Crippen LogP contribution in [0.1, 0.15) is 32.1 Å². The number of hydrogen-bond acceptors (Lipinski definition) is 3. The first-order valence-electron chi connectivity index (χ1n) is 7.07. The first-order chi connectivity index (χ1) is 9.62. The van der Waals surface area contributed by atoms with Gasteiger partial charge >= 0.3 is 0 Å². The molecule has 0 unspecified atom stereocenters. The van der Waals surface area contributed by atoms with Gasteiger partial charge in [0.05, 0.1) is 4.90 Å². The summed E-state index contributed by atoms with van der Waals surface area (Å²) in [6.07, 6.45) is 8.48. The molecule has 1 aliphatic rings. The molecule has 1 aromatic carbocycles. The summed E-state index contributed by atoms with van der Waals surface area (Å²) < 4.78 is 25.5. The lowest BCUT2D eigenvalue weighted by Crippen LogP contribution is -2.18. The molecule has 0 heterocycles. The quantitative estimate of drug-likeness (QED) is 0.793. The molecule has 0 bridgehead atoms. The van der Waals surface area contributed by atoms with E-state index in [2.05, 4.69) is 16.1 Å². The minimum absolute atomic E-state index is 0.292. The molecule has 2 rings (SSSR count). The number of sulfonamides is 1. The van der Waals surface area contributed by atoms with Gasteiger partial charge in [0.1, 0.15) is 0 Å². The molecule has 0 atom stereocenters. The molecule has 0 fully saturated rings. The van der Waals surface area contributed by atoms with Gasteiger partial charge in [-0.15, -0.1) is 0 Å². The molecule has 0 spiro atoms. The molecular weight excluding hydrogens is 272 g/mol. The van der Waals surface area contributed by atoms with Gasteiger partial charge < -0.3 is 5.32 Å². The van der Waals surface area contributed by atoms with Crippen LogP contribution in [0.3, 0.4) is 0 Å². The van der Waals surface area contributed by atoms with Crippen molar-refractivity contribution in [2.75, 3.05) is 18.9 Å². The van der Waals surface area contributed by atoms with E-state index in [0.29, 0.717) is 4.90 Å². The zero-order valence-corrected chi connectivity index (χ0v) is 12.7. The van der Waals surface area contributed by atoms with Crippen LogP contribution in [0.5, 0.6) is 0 Å². The zero-order chi connectivity index (χ0) is 14.4. The van der Waals surface area contributed by atoms with Crippen molar-refractivity contribution in [1.29, 1.82) is 0 Å². The Hall–Kier alpha value is -1.33. The summed E-state index contributed by atoms with van der Waals surface area (Å²) >= 11 is 0. The van der Waals surface area contributed by atoms with Crippen LogP contribution in [-0.2, 0) is 10.0 Å². The maximum absolute atomic E-state index is 11.6. The lowest BCUT2D eigenvalue weighted by atomic mass is 9.97. The SMILES string of the molecule is CNS(=O)(=O)c1ccc(NCCC2=CCCCC2)cc1. The van der Waals surface area contributed by atoms with Crippen molar-refractivity contribution in [1.82, 2.24) is 4.72 Å². The van der Waals surface area contributed by atoms with E-state index in [1.54, 1.807) is 24.3 Å². The molecule has 1 aliphatic carbocycles. The number of anilines is 1. The average molecular weight is 294 g/mol. The van der Waals surface area contributed by atoms with Crippen LogP contribution >= 0.6 is 0 Å². The van der Waals surface area contributed by atoms with E-state index < -0.39 is 10.0 Å². The summed E-state index contributed by atoms with van der Waals surface area (Å²) in [5, 5.41) is 3.33. The van der Waals surface area contributed by atoms with Crippen LogP contribution in [0.2, 0.25) is 0 Å². The highest BCUT2D eigenvalue weighted by Crippen LogP contribution is 2.20. The normalized spacial score (nSPS) is 15.8. The van der Waals surface area contributed by atoms with Gasteiger partial charge in [-0.3, -0.25) is 0 Å². The smallest absolute Gasteiger partial charge is 0.240 e. The van der Waals surface area contributed by atoms with E-state index in [9.17, 15) is 8.42 Å². The minimum Gasteiger partial charge on any atom is -0.385 e. The maximum atomic E-state index is 11.6. The maximum Gasteiger partial charge on any atom is 0.240 e. The molecule has 0 aromatic heterocycles. The summed E-state index contributed by atoms with van der Waals surface area (Å²) in [5.74, 6) is 0. The van der Waals surface area contributed by atoms with Crippen molar-refractivity contribution in [2.45, 2.75) is 37.0 Å². The summed E-state index contributed by atoms with van der Waals surface area (Å²) in [6.45, 7) is 0.893. The van der Waals surface area contributed by atoms with E-state index in [4.69, 9.17) is 0 Å². The Morgan fingerprint density at radius 1 is 1.15 bits per heavy atom. The molecule has 0 saturated carbocycles. The summed E-state index contributed by atoms with van der Waals surface area (Å²) in [6, 6.07) is 6.85. The third-order valence-corrected chi connectivity index (χ3v) is 5.02. The van der Waals surface area contributed by atoms with Crippen LogP contribution in [0.15, 0.2) is 40.8 Å². The highest BCUT2D eigenvalue weighted by molar-refractivity contribution is 7.89. The second kappa shape index (κ2) is 6.90. The standard InChI is InChI=1S/C15H22N2O2S/c1-16-20(18,19)15-9-7-14(8-10-15)17-12-11-13-5-3-2-4-6-13/h5,7-10,16-17H,2-4,6,11-12H2,1H3. The Morgan fingerprint density at radius 3 is 2.50 bits per heavy atom. The Morgan fingerprint density at radius 2 is 1.90 bits per heavy atom. The molecule has 1 aromatic rings. The molecule has 5 heteroatoms. The third kappa shape index (κ3) is 4.08. The number of hydrogen-bond donors (Lipinski definition) is 2. The van der Waals surface area contributed by atoms with Gasteiger partial charge in [0, 0.05) is 12.2 Å². The van der Waals surface area contributed by atoms with Gasteiger partial charge in [0.2, 0.25) is 10.0 Å². The van der Waals surface area contributed by atoms with Crippen LogP contribution in [0.25, 0.3) is 0 Å². The van der Waals surface area contributed by atoms with E-state index >= 15 is 0 Å². The van der Waals surface area contributed by atoms with E-state index in [0.717, 1.165) is 18.7 Å². The third-order valence-electron chi connectivity index (χ3n) is 3.59. The number of allylic oxidation sites excluding steroid dienone is 1. The van der Waals surface area contributed by atoms with Gasteiger partial charge in [0.15, 0.2) is 0 Å². The zero-order valence-electron chi connectivity index (χ0n) is 11.9. The average Bonchev–Trinajstić information content (AvgIpc) is 2.49. The number of benzene rings is 1. The van der Waals surface area contributed by atoms with Crippen molar-refractivity contribution >= 4 is 15.7 Å². The van der Waals surface area contributed by atoms with Crippen molar-refractivity contribution in [3.05, 3.63) is 35.9 Å². The fourth-order valence-corrected chi connectivity index (χ4v) is 3.10. The molecular formula is C15H22N2O2S. The summed E-state index contributed by atoms with van der Waals surface area (Å²) in [4.78, 5) is 0.292. The molecule has 4 nitrogen and oxygen atoms in total. The summed E-state index contributed by atoms with van der Waals surface area (Å²) in [5.41, 5.74) is 2.49. The Labute approximate surface area is 121 Å². The first kappa shape index (κ1) is 15.1. The molecule has 0 radical (unpaired) electrons. The Kier molecular flexibility index (Phi) is 5.20. The first-order valence-corrected chi connectivity index (χ1v) is 8.55. The fraction of sp³-hybridized carbons (Fsp3) is 0.467. The topological polar surface area (TPSA) is 58.2 Å². The van der Waals surface area contributed by atoms with Crippen molar-refractivity contribution in [3.63, 3.8) is 0 Å². The molecule has 2 N–H and O–H groups in total. The van der Waals surface area contributed by atoms with Gasteiger partial charge in [-0.05, 0) is 63.4 Å². The van der Waals surface area contributed by atoms with Crippen molar-refractivity contribution < 1.29 is 8.42 Å². The van der Waals surface area contributed by atoms with Gasteiger partial charge in [0.25, 0.3) is 0 Å². The predicted octanol–water partition coefficient (Wildman–Crippen LogP) is 2.90. The Bertz CT molecular complexity index is 562. The lowest BCUT2D eigenvalue weighted by Gasteiger charge is -2.13. The molecule has 110 valence electrons. The number of nitrogens with one attached hydrogen (secondary N) is 2. The van der Waals surface area contributed by atoms with E-state index in [1.807, 2.05) is 0 Å². The van der Waals surface area contributed by atoms with Gasteiger partial charge in [-0.2, -0.15) is 0 Å². The van der Waals surface area contributed by atoms with Crippen LogP contribution in [0, 0.1) is 0 Å². The largest absolute Gasteiger partial charge is 0.385 e. The predicted molar refractivity (Wildman–Crippen MR) is 82.3 cm³/mol. The van der Waals surface area contributed by atoms with Crippen molar-refractivity contribution in [3.8, 4) is 0 Å². The Balaban J connectivity index is 1.86. The van der Waals surface area contributed by atoms with Crippen molar-refractivity contribution in [2.24, 2.45) is 0 Å².